The number of pyridine rings is 1. The first-order valence-electron chi connectivity index (χ1n) is 5.26. The van der Waals surface area contributed by atoms with E-state index in [0.29, 0.717) is 18.8 Å². The minimum atomic E-state index is -0.151. The van der Waals surface area contributed by atoms with Crippen LogP contribution in [0.1, 0.15) is 24.3 Å². The first kappa shape index (κ1) is 12.2. The van der Waals surface area contributed by atoms with Gasteiger partial charge in [0, 0.05) is 25.0 Å². The zero-order chi connectivity index (χ0) is 12.0. The first-order valence-corrected chi connectivity index (χ1v) is 5.26. The van der Waals surface area contributed by atoms with Crippen molar-refractivity contribution in [1.82, 2.24) is 10.3 Å². The number of hydrogen-bond donors (Lipinski definition) is 2. The second-order valence-electron chi connectivity index (χ2n) is 3.60. The third-order valence-corrected chi connectivity index (χ3v) is 1.92. The number of hydrogen-bond acceptors (Lipinski definition) is 3. The van der Waals surface area contributed by atoms with Crippen LogP contribution < -0.4 is 10.6 Å². The van der Waals surface area contributed by atoms with Crippen molar-refractivity contribution in [3.05, 3.63) is 36.2 Å². The zero-order valence-corrected chi connectivity index (χ0v) is 9.71. The van der Waals surface area contributed by atoms with E-state index in [4.69, 9.17) is 0 Å². The van der Waals surface area contributed by atoms with Crippen LogP contribution in [0.25, 0.3) is 0 Å². The highest BCUT2D eigenvalue weighted by atomic mass is 16.1. The lowest BCUT2D eigenvalue weighted by Crippen LogP contribution is -2.23. The van der Waals surface area contributed by atoms with Crippen molar-refractivity contribution in [1.29, 1.82) is 0 Å². The molecule has 0 aliphatic heterocycles. The van der Waals surface area contributed by atoms with Crippen molar-refractivity contribution in [3.8, 4) is 0 Å². The number of nitrogens with one attached hydrogen (secondary N) is 2. The average molecular weight is 219 g/mol. The summed E-state index contributed by atoms with van der Waals surface area (Å²) in [6.45, 7) is 8.91. The molecule has 4 heteroatoms. The molecule has 2 N–H and O–H groups in total. The number of anilines is 1. The summed E-state index contributed by atoms with van der Waals surface area (Å²) >= 11 is 0. The molecule has 0 aliphatic carbocycles. The predicted molar refractivity (Wildman–Crippen MR) is 65.5 cm³/mol. The fraction of sp³-hybridized carbons (Fsp3) is 0.333. The van der Waals surface area contributed by atoms with E-state index in [9.17, 15) is 4.79 Å². The summed E-state index contributed by atoms with van der Waals surface area (Å²) < 4.78 is 0. The fourth-order valence-electron chi connectivity index (χ4n) is 1.17. The SMILES string of the molecule is C=C(C)CNc1ccnc(C(=O)NCC)c1. The number of aromatic nitrogens is 1. The molecule has 0 saturated heterocycles. The van der Waals surface area contributed by atoms with Gasteiger partial charge in [-0.25, -0.2) is 0 Å². The number of carbonyl (C=O) groups excluding carboxylic acids is 1. The third-order valence-electron chi connectivity index (χ3n) is 1.92. The molecule has 0 aromatic carbocycles. The van der Waals surface area contributed by atoms with E-state index in [1.807, 2.05) is 19.9 Å². The van der Waals surface area contributed by atoms with Crippen molar-refractivity contribution < 1.29 is 4.79 Å². The van der Waals surface area contributed by atoms with Gasteiger partial charge in [0.1, 0.15) is 5.69 Å². The molecule has 1 amide bonds. The summed E-state index contributed by atoms with van der Waals surface area (Å²) in [5, 5.41) is 5.87. The van der Waals surface area contributed by atoms with Crippen LogP contribution in [0, 0.1) is 0 Å². The van der Waals surface area contributed by atoms with Gasteiger partial charge in [-0.05, 0) is 26.0 Å². The summed E-state index contributed by atoms with van der Waals surface area (Å²) in [6.07, 6.45) is 1.62. The number of carbonyl (C=O) groups is 1. The van der Waals surface area contributed by atoms with Crippen molar-refractivity contribution >= 4 is 11.6 Å². The van der Waals surface area contributed by atoms with Gasteiger partial charge in [0.05, 0.1) is 0 Å². The van der Waals surface area contributed by atoms with Gasteiger partial charge in [0.25, 0.3) is 5.91 Å². The van der Waals surface area contributed by atoms with E-state index in [2.05, 4.69) is 22.2 Å². The Hall–Kier alpha value is -1.84. The molecule has 0 aliphatic rings. The molecule has 0 saturated carbocycles. The molecule has 0 bridgehead atoms. The van der Waals surface area contributed by atoms with Gasteiger partial charge in [0.15, 0.2) is 0 Å². The van der Waals surface area contributed by atoms with Gasteiger partial charge >= 0.3 is 0 Å². The molecule has 1 aromatic heterocycles. The zero-order valence-electron chi connectivity index (χ0n) is 9.71. The minimum absolute atomic E-state index is 0.151. The summed E-state index contributed by atoms with van der Waals surface area (Å²) in [4.78, 5) is 15.5. The second kappa shape index (κ2) is 5.90. The van der Waals surface area contributed by atoms with Gasteiger partial charge in [-0.1, -0.05) is 12.2 Å². The van der Waals surface area contributed by atoms with Crippen molar-refractivity contribution in [2.45, 2.75) is 13.8 Å². The van der Waals surface area contributed by atoms with E-state index >= 15 is 0 Å². The van der Waals surface area contributed by atoms with E-state index in [0.717, 1.165) is 11.3 Å². The Labute approximate surface area is 95.8 Å². The molecule has 0 spiro atoms. The Morgan fingerprint density at radius 2 is 2.31 bits per heavy atom. The summed E-state index contributed by atoms with van der Waals surface area (Å²) in [5.74, 6) is -0.151. The largest absolute Gasteiger partial charge is 0.381 e. The Morgan fingerprint density at radius 3 is 2.94 bits per heavy atom. The molecule has 16 heavy (non-hydrogen) atoms. The van der Waals surface area contributed by atoms with Crippen molar-refractivity contribution in [2.24, 2.45) is 0 Å². The van der Waals surface area contributed by atoms with E-state index < -0.39 is 0 Å². The van der Waals surface area contributed by atoms with Crippen LogP contribution >= 0.6 is 0 Å². The third kappa shape index (κ3) is 3.73. The molecule has 0 atom stereocenters. The van der Waals surface area contributed by atoms with Gasteiger partial charge in [0.2, 0.25) is 0 Å². The monoisotopic (exact) mass is 219 g/mol. The molecular weight excluding hydrogens is 202 g/mol. The summed E-state index contributed by atoms with van der Waals surface area (Å²) in [7, 11) is 0. The van der Waals surface area contributed by atoms with Gasteiger partial charge in [-0.2, -0.15) is 0 Å². The summed E-state index contributed by atoms with van der Waals surface area (Å²) in [5.41, 5.74) is 2.34. The maximum Gasteiger partial charge on any atom is 0.269 e. The second-order valence-corrected chi connectivity index (χ2v) is 3.60. The molecule has 0 fully saturated rings. The number of rotatable bonds is 5. The highest BCUT2D eigenvalue weighted by molar-refractivity contribution is 5.93. The van der Waals surface area contributed by atoms with Crippen LogP contribution in [-0.2, 0) is 0 Å². The maximum atomic E-state index is 11.5. The van der Waals surface area contributed by atoms with E-state index in [1.54, 1.807) is 12.3 Å². The van der Waals surface area contributed by atoms with E-state index in [1.165, 1.54) is 0 Å². The standard InChI is InChI=1S/C12H17N3O/c1-4-13-12(16)11-7-10(5-6-14-11)15-8-9(2)3/h5-7H,2,4,8H2,1,3H3,(H,13,16)(H,14,15). The molecule has 86 valence electrons. The maximum absolute atomic E-state index is 11.5. The Bertz CT molecular complexity index is 388. The molecule has 1 aromatic rings. The molecule has 0 radical (unpaired) electrons. The normalized spacial score (nSPS) is 9.62. The minimum Gasteiger partial charge on any atom is -0.381 e. The smallest absolute Gasteiger partial charge is 0.269 e. The fourth-order valence-corrected chi connectivity index (χ4v) is 1.17. The number of amides is 1. The highest BCUT2D eigenvalue weighted by Gasteiger charge is 2.05. The predicted octanol–water partition coefficient (Wildman–Crippen LogP) is 1.82. The highest BCUT2D eigenvalue weighted by Crippen LogP contribution is 2.08. The number of nitrogens with zero attached hydrogens (tertiary/aromatic N) is 1. The van der Waals surface area contributed by atoms with Crippen LogP contribution in [0.2, 0.25) is 0 Å². The molecule has 4 nitrogen and oxygen atoms in total. The molecule has 1 heterocycles. The lowest BCUT2D eigenvalue weighted by Gasteiger charge is -2.07. The Balaban J connectivity index is 2.70. The van der Waals surface area contributed by atoms with Gasteiger partial charge in [-0.3, -0.25) is 9.78 Å². The first-order chi connectivity index (χ1) is 7.63. The van der Waals surface area contributed by atoms with Gasteiger partial charge in [-0.15, -0.1) is 0 Å². The van der Waals surface area contributed by atoms with Crippen LogP contribution in [0.15, 0.2) is 30.5 Å². The van der Waals surface area contributed by atoms with Crippen LogP contribution in [0.5, 0.6) is 0 Å². The Morgan fingerprint density at radius 1 is 1.56 bits per heavy atom. The lowest BCUT2D eigenvalue weighted by atomic mass is 10.3. The molecular formula is C12H17N3O. The van der Waals surface area contributed by atoms with Crippen LogP contribution in [0.4, 0.5) is 5.69 Å². The average Bonchev–Trinajstić information content (AvgIpc) is 2.27. The van der Waals surface area contributed by atoms with Crippen LogP contribution in [-0.4, -0.2) is 24.0 Å². The van der Waals surface area contributed by atoms with Gasteiger partial charge < -0.3 is 10.6 Å². The molecule has 0 unspecified atom stereocenters. The van der Waals surface area contributed by atoms with E-state index in [-0.39, 0.29) is 5.91 Å². The summed E-state index contributed by atoms with van der Waals surface area (Å²) in [6, 6.07) is 3.56. The Kier molecular flexibility index (Phi) is 4.51. The van der Waals surface area contributed by atoms with Crippen LogP contribution in [0.3, 0.4) is 0 Å². The topological polar surface area (TPSA) is 54.0 Å². The molecule has 1 rings (SSSR count). The van der Waals surface area contributed by atoms with Crippen molar-refractivity contribution in [2.75, 3.05) is 18.4 Å². The van der Waals surface area contributed by atoms with Crippen molar-refractivity contribution in [3.63, 3.8) is 0 Å². The lowest BCUT2D eigenvalue weighted by molar-refractivity contribution is 0.0951. The quantitative estimate of drug-likeness (QED) is 0.743.